The molecule has 5 nitrogen and oxygen atoms in total. The van der Waals surface area contributed by atoms with Crippen LogP contribution in [-0.4, -0.2) is 44.4 Å². The number of pyridine rings is 1. The van der Waals surface area contributed by atoms with Gasteiger partial charge in [-0.1, -0.05) is 25.6 Å². The van der Waals surface area contributed by atoms with Gasteiger partial charge in [-0.25, -0.2) is 9.78 Å². The summed E-state index contributed by atoms with van der Waals surface area (Å²) in [4.78, 5) is 16.4. The Bertz CT molecular complexity index is 622. The minimum atomic E-state index is -1.50. The molecule has 1 aromatic heterocycles. The average molecular weight is 349 g/mol. The first-order valence-electron chi connectivity index (χ1n) is 7.98. The molecule has 1 rings (SSSR count). The summed E-state index contributed by atoms with van der Waals surface area (Å²) in [6.45, 7) is 12.5. The van der Waals surface area contributed by atoms with Gasteiger partial charge >= 0.3 is 5.97 Å². The van der Waals surface area contributed by atoms with Crippen LogP contribution in [0, 0.1) is 11.5 Å². The van der Waals surface area contributed by atoms with Crippen LogP contribution in [0.4, 0.5) is 5.82 Å². The van der Waals surface area contributed by atoms with Crippen molar-refractivity contribution in [3.63, 3.8) is 0 Å². The first kappa shape index (κ1) is 20.2. The molecular formula is C18H28N2O3Si. The molecule has 0 aliphatic carbocycles. The minimum Gasteiger partial charge on any atom is -0.467 e. The molecular weight excluding hydrogens is 320 g/mol. The summed E-state index contributed by atoms with van der Waals surface area (Å²) in [6.07, 6.45) is 1.67. The van der Waals surface area contributed by atoms with E-state index in [0.29, 0.717) is 5.82 Å². The van der Waals surface area contributed by atoms with Crippen LogP contribution in [0.5, 0.6) is 0 Å². The number of methoxy groups -OCH3 is 1. The van der Waals surface area contributed by atoms with Crippen molar-refractivity contribution in [2.24, 2.45) is 0 Å². The van der Waals surface area contributed by atoms with Crippen molar-refractivity contribution in [2.45, 2.75) is 52.1 Å². The minimum absolute atomic E-state index is 0.188. The highest BCUT2D eigenvalue weighted by molar-refractivity contribution is 6.83. The van der Waals surface area contributed by atoms with Crippen molar-refractivity contribution in [3.8, 4) is 11.5 Å². The second-order valence-electron chi connectivity index (χ2n) is 7.54. The number of esters is 1. The van der Waals surface area contributed by atoms with E-state index >= 15 is 0 Å². The molecule has 0 saturated heterocycles. The normalized spacial score (nSPS) is 12.8. The molecule has 0 bridgehead atoms. The van der Waals surface area contributed by atoms with Crippen LogP contribution in [0.25, 0.3) is 0 Å². The molecule has 0 amide bonds. The van der Waals surface area contributed by atoms with Gasteiger partial charge in [0.2, 0.25) is 0 Å². The van der Waals surface area contributed by atoms with E-state index in [4.69, 9.17) is 9.47 Å². The molecule has 24 heavy (non-hydrogen) atoms. The van der Waals surface area contributed by atoms with Gasteiger partial charge in [-0.15, -0.1) is 5.54 Å². The van der Waals surface area contributed by atoms with E-state index in [1.165, 1.54) is 7.11 Å². The van der Waals surface area contributed by atoms with Gasteiger partial charge in [0.15, 0.2) is 0 Å². The number of carbonyl (C=O) groups is 1. The third kappa shape index (κ3) is 7.62. The summed E-state index contributed by atoms with van der Waals surface area (Å²) in [5, 5.41) is 3.11. The predicted molar refractivity (Wildman–Crippen MR) is 99.6 cm³/mol. The Kier molecular flexibility index (Phi) is 7.00. The van der Waals surface area contributed by atoms with E-state index in [-0.39, 0.29) is 12.2 Å². The zero-order chi connectivity index (χ0) is 18.4. The molecule has 1 N–H and O–H groups in total. The van der Waals surface area contributed by atoms with Gasteiger partial charge in [-0.05, 0) is 32.9 Å². The molecule has 0 saturated carbocycles. The van der Waals surface area contributed by atoms with E-state index in [0.717, 1.165) is 5.56 Å². The summed E-state index contributed by atoms with van der Waals surface area (Å²) < 4.78 is 10.6. The second kappa shape index (κ2) is 8.31. The highest BCUT2D eigenvalue weighted by Gasteiger charge is 2.23. The fourth-order valence-corrected chi connectivity index (χ4v) is 2.19. The van der Waals surface area contributed by atoms with Crippen LogP contribution < -0.4 is 5.32 Å². The summed E-state index contributed by atoms with van der Waals surface area (Å²) in [6, 6.07) is 3.08. The van der Waals surface area contributed by atoms with Crippen LogP contribution in [0.15, 0.2) is 18.3 Å². The summed E-state index contributed by atoms with van der Waals surface area (Å²) in [7, 11) is -0.145. The lowest BCUT2D eigenvalue weighted by atomic mass is 10.2. The standard InChI is InChI=1S/C18H28N2O3Si/c1-18(2,3)23-13-15(17(21)22-4)20-16-14(9-8-11-19-16)10-12-24(5,6)7/h8-9,11,15H,13H2,1-7H3,(H,19,20). The van der Waals surface area contributed by atoms with Crippen LogP contribution >= 0.6 is 0 Å². The number of aromatic nitrogens is 1. The van der Waals surface area contributed by atoms with E-state index < -0.39 is 20.1 Å². The zero-order valence-electron chi connectivity index (χ0n) is 15.7. The van der Waals surface area contributed by atoms with Crippen LogP contribution in [0.3, 0.4) is 0 Å². The molecule has 0 fully saturated rings. The largest absolute Gasteiger partial charge is 0.467 e. The number of hydrogen-bond acceptors (Lipinski definition) is 5. The van der Waals surface area contributed by atoms with Crippen molar-refractivity contribution in [2.75, 3.05) is 19.0 Å². The van der Waals surface area contributed by atoms with Crippen molar-refractivity contribution in [1.82, 2.24) is 4.98 Å². The van der Waals surface area contributed by atoms with Crippen molar-refractivity contribution in [3.05, 3.63) is 23.9 Å². The summed E-state index contributed by atoms with van der Waals surface area (Å²) >= 11 is 0. The zero-order valence-corrected chi connectivity index (χ0v) is 16.7. The summed E-state index contributed by atoms with van der Waals surface area (Å²) in [5.74, 6) is 3.35. The number of carbonyl (C=O) groups excluding carboxylic acids is 1. The van der Waals surface area contributed by atoms with Crippen LogP contribution in [0.2, 0.25) is 19.6 Å². The summed E-state index contributed by atoms with van der Waals surface area (Å²) in [5.41, 5.74) is 3.73. The van der Waals surface area contributed by atoms with Gasteiger partial charge in [-0.2, -0.15) is 0 Å². The lowest BCUT2D eigenvalue weighted by Crippen LogP contribution is -2.38. The fraction of sp³-hybridized carbons (Fsp3) is 0.556. The number of nitrogens with zero attached hydrogens (tertiary/aromatic N) is 1. The third-order valence-electron chi connectivity index (χ3n) is 2.86. The van der Waals surface area contributed by atoms with Crippen molar-refractivity contribution in [1.29, 1.82) is 0 Å². The number of rotatable bonds is 5. The Morgan fingerprint density at radius 3 is 2.58 bits per heavy atom. The van der Waals surface area contributed by atoms with Gasteiger partial charge in [0.25, 0.3) is 0 Å². The van der Waals surface area contributed by atoms with Gasteiger partial charge in [0, 0.05) is 6.20 Å². The Labute approximate surface area is 146 Å². The molecule has 1 atom stereocenters. The molecule has 6 heteroatoms. The average Bonchev–Trinajstić information content (AvgIpc) is 2.47. The smallest absolute Gasteiger partial charge is 0.330 e. The van der Waals surface area contributed by atoms with Crippen molar-refractivity contribution >= 4 is 19.9 Å². The maximum Gasteiger partial charge on any atom is 0.330 e. The SMILES string of the molecule is COC(=O)C(COC(C)(C)C)Nc1ncccc1C#C[Si](C)(C)C. The van der Waals surface area contributed by atoms with E-state index in [9.17, 15) is 4.79 Å². The van der Waals surface area contributed by atoms with Gasteiger partial charge in [-0.3, -0.25) is 0 Å². The fourth-order valence-electron chi connectivity index (χ4n) is 1.69. The quantitative estimate of drug-likeness (QED) is 0.503. The Hall–Kier alpha value is -1.84. The topological polar surface area (TPSA) is 60.5 Å². The first-order chi connectivity index (χ1) is 11.0. The highest BCUT2D eigenvalue weighted by Crippen LogP contribution is 2.14. The second-order valence-corrected chi connectivity index (χ2v) is 12.3. The Morgan fingerprint density at radius 2 is 2.04 bits per heavy atom. The highest BCUT2D eigenvalue weighted by atomic mass is 28.3. The monoisotopic (exact) mass is 348 g/mol. The number of nitrogens with one attached hydrogen (secondary N) is 1. The molecule has 0 aliphatic rings. The van der Waals surface area contributed by atoms with Gasteiger partial charge in [0.05, 0.1) is 24.9 Å². The number of anilines is 1. The first-order valence-corrected chi connectivity index (χ1v) is 11.5. The van der Waals surface area contributed by atoms with Gasteiger partial charge < -0.3 is 14.8 Å². The Morgan fingerprint density at radius 1 is 1.38 bits per heavy atom. The number of hydrogen-bond donors (Lipinski definition) is 1. The lowest BCUT2D eigenvalue weighted by Gasteiger charge is -2.24. The Balaban J connectivity index is 3.01. The van der Waals surface area contributed by atoms with E-state index in [1.54, 1.807) is 6.20 Å². The van der Waals surface area contributed by atoms with E-state index in [1.807, 2.05) is 32.9 Å². The molecule has 0 radical (unpaired) electrons. The molecule has 1 aromatic rings. The number of ether oxygens (including phenoxy) is 2. The maximum atomic E-state index is 12.0. The van der Waals surface area contributed by atoms with Gasteiger partial charge in [0.1, 0.15) is 19.9 Å². The molecule has 1 heterocycles. The molecule has 0 aromatic carbocycles. The molecule has 1 unspecified atom stereocenters. The predicted octanol–water partition coefficient (Wildman–Crippen LogP) is 3.08. The van der Waals surface area contributed by atoms with Crippen LogP contribution in [-0.2, 0) is 14.3 Å². The lowest BCUT2D eigenvalue weighted by molar-refractivity contribution is -0.144. The van der Waals surface area contributed by atoms with Crippen molar-refractivity contribution < 1.29 is 14.3 Å². The maximum absolute atomic E-state index is 12.0. The third-order valence-corrected chi connectivity index (χ3v) is 3.73. The molecule has 0 spiro atoms. The molecule has 0 aliphatic heterocycles. The molecule has 132 valence electrons. The van der Waals surface area contributed by atoms with E-state index in [2.05, 4.69) is 41.4 Å². The van der Waals surface area contributed by atoms with Crippen LogP contribution in [0.1, 0.15) is 26.3 Å².